The number of esters is 1. The van der Waals surface area contributed by atoms with Gasteiger partial charge in [0, 0.05) is 4.47 Å². The molecule has 1 N–H and O–H groups in total. The Bertz CT molecular complexity index is 1150. The van der Waals surface area contributed by atoms with Crippen LogP contribution in [0.15, 0.2) is 82.4 Å². The van der Waals surface area contributed by atoms with E-state index in [9.17, 15) is 9.59 Å². The molecule has 0 aliphatic carbocycles. The molecule has 0 unspecified atom stereocenters. The molecule has 3 aromatic rings. The van der Waals surface area contributed by atoms with Gasteiger partial charge in [0.1, 0.15) is 17.6 Å². The molecule has 0 aliphatic rings. The number of carbonyl (C=O) groups is 2. The fourth-order valence-corrected chi connectivity index (χ4v) is 2.90. The summed E-state index contributed by atoms with van der Waals surface area (Å²) in [5, 5.41) is 12.9. The van der Waals surface area contributed by atoms with Crippen LogP contribution in [0.4, 0.5) is 0 Å². The lowest BCUT2D eigenvalue weighted by molar-refractivity contribution is -0.123. The molecule has 154 valence electrons. The van der Waals surface area contributed by atoms with Gasteiger partial charge in [-0.3, -0.25) is 4.79 Å². The predicted octanol–water partition coefficient (Wildman–Crippen LogP) is 4.07. The van der Waals surface area contributed by atoms with E-state index in [2.05, 4.69) is 26.5 Å². The fourth-order valence-electron chi connectivity index (χ4n) is 2.45. The zero-order chi connectivity index (χ0) is 22.1. The Morgan fingerprint density at radius 3 is 2.48 bits per heavy atom. The number of carbonyl (C=O) groups excluding carboxylic acids is 2. The Labute approximate surface area is 187 Å². The Morgan fingerprint density at radius 2 is 1.74 bits per heavy atom. The predicted molar refractivity (Wildman–Crippen MR) is 118 cm³/mol. The monoisotopic (exact) mass is 477 g/mol. The Hall–Kier alpha value is -3.96. The van der Waals surface area contributed by atoms with Crippen molar-refractivity contribution in [2.45, 2.75) is 0 Å². The number of nitrogens with one attached hydrogen (secondary N) is 1. The molecule has 0 saturated heterocycles. The molecule has 0 radical (unpaired) electrons. The van der Waals surface area contributed by atoms with Crippen LogP contribution in [-0.4, -0.2) is 24.7 Å². The first-order valence-corrected chi connectivity index (χ1v) is 9.86. The van der Waals surface area contributed by atoms with E-state index in [0.717, 1.165) is 0 Å². The van der Waals surface area contributed by atoms with E-state index in [1.165, 1.54) is 6.21 Å². The smallest absolute Gasteiger partial charge is 0.344 e. The normalized spacial score (nSPS) is 10.3. The van der Waals surface area contributed by atoms with E-state index in [1.54, 1.807) is 66.7 Å². The lowest BCUT2D eigenvalue weighted by atomic mass is 10.2. The SMILES string of the molecule is N#Cc1ccccc1OCC(=O)NN=Cc1ccc(OC(=O)c2ccccc2Br)cc1. The number of halogens is 1. The molecule has 0 aliphatic heterocycles. The number of nitrogens with zero attached hydrogens (tertiary/aromatic N) is 2. The van der Waals surface area contributed by atoms with E-state index in [4.69, 9.17) is 14.7 Å². The quantitative estimate of drug-likeness (QED) is 0.239. The van der Waals surface area contributed by atoms with Gasteiger partial charge in [0.25, 0.3) is 5.91 Å². The standard InChI is InChI=1S/C23H16BrN3O4/c24-20-7-3-2-6-19(20)23(29)31-18-11-9-16(10-12-18)14-26-27-22(28)15-30-21-8-4-1-5-17(21)13-25/h1-12,14H,15H2,(H,27,28). The molecule has 31 heavy (non-hydrogen) atoms. The van der Waals surface area contributed by atoms with Gasteiger partial charge in [-0.05, 0) is 70.0 Å². The average Bonchev–Trinajstić information content (AvgIpc) is 2.79. The zero-order valence-electron chi connectivity index (χ0n) is 16.1. The molecule has 1 amide bonds. The van der Waals surface area contributed by atoms with Crippen LogP contribution in [0.2, 0.25) is 0 Å². The van der Waals surface area contributed by atoms with Gasteiger partial charge in [0.05, 0.1) is 17.3 Å². The number of amides is 1. The molecule has 0 saturated carbocycles. The molecule has 0 spiro atoms. The number of benzene rings is 3. The van der Waals surface area contributed by atoms with Gasteiger partial charge in [-0.2, -0.15) is 10.4 Å². The Balaban J connectivity index is 1.49. The molecule has 3 aromatic carbocycles. The van der Waals surface area contributed by atoms with Crippen LogP contribution in [0.3, 0.4) is 0 Å². The van der Waals surface area contributed by atoms with E-state index in [0.29, 0.717) is 32.7 Å². The van der Waals surface area contributed by atoms with Gasteiger partial charge < -0.3 is 9.47 Å². The van der Waals surface area contributed by atoms with Crippen molar-refractivity contribution in [2.75, 3.05) is 6.61 Å². The minimum Gasteiger partial charge on any atom is -0.482 e. The highest BCUT2D eigenvalue weighted by molar-refractivity contribution is 9.10. The molecule has 7 nitrogen and oxygen atoms in total. The van der Waals surface area contributed by atoms with Crippen molar-refractivity contribution in [3.63, 3.8) is 0 Å². The largest absolute Gasteiger partial charge is 0.482 e. The topological polar surface area (TPSA) is 101 Å². The number of rotatable bonds is 7. The van der Waals surface area contributed by atoms with Crippen LogP contribution in [0.1, 0.15) is 21.5 Å². The summed E-state index contributed by atoms with van der Waals surface area (Å²) in [4.78, 5) is 24.1. The van der Waals surface area contributed by atoms with Crippen LogP contribution in [0.5, 0.6) is 11.5 Å². The minimum absolute atomic E-state index is 0.278. The lowest BCUT2D eigenvalue weighted by Crippen LogP contribution is -2.24. The molecule has 0 fully saturated rings. The zero-order valence-corrected chi connectivity index (χ0v) is 17.7. The first kappa shape index (κ1) is 21.7. The summed E-state index contributed by atoms with van der Waals surface area (Å²) in [7, 11) is 0. The highest BCUT2D eigenvalue weighted by Gasteiger charge is 2.11. The van der Waals surface area contributed by atoms with Crippen molar-refractivity contribution in [1.82, 2.24) is 5.43 Å². The first-order chi connectivity index (χ1) is 15.1. The maximum atomic E-state index is 12.2. The summed E-state index contributed by atoms with van der Waals surface area (Å²) >= 11 is 3.32. The second kappa shape index (κ2) is 10.7. The van der Waals surface area contributed by atoms with Crippen LogP contribution in [0.25, 0.3) is 0 Å². The third-order valence-corrected chi connectivity index (χ3v) is 4.65. The second-order valence-corrected chi connectivity index (χ2v) is 6.98. The molecule has 8 heteroatoms. The molecule has 0 atom stereocenters. The fraction of sp³-hybridized carbons (Fsp3) is 0.0435. The van der Waals surface area contributed by atoms with Gasteiger partial charge >= 0.3 is 5.97 Å². The number of para-hydroxylation sites is 1. The second-order valence-electron chi connectivity index (χ2n) is 6.13. The number of hydrogen-bond donors (Lipinski definition) is 1. The van der Waals surface area contributed by atoms with Crippen molar-refractivity contribution in [2.24, 2.45) is 5.10 Å². The average molecular weight is 478 g/mol. The minimum atomic E-state index is -0.473. The van der Waals surface area contributed by atoms with Gasteiger partial charge in [-0.15, -0.1) is 0 Å². The molecular formula is C23H16BrN3O4. The number of hydrogen-bond acceptors (Lipinski definition) is 6. The van der Waals surface area contributed by atoms with Gasteiger partial charge in [-0.25, -0.2) is 10.2 Å². The molecule has 3 rings (SSSR count). The molecule has 0 heterocycles. The van der Waals surface area contributed by atoms with Crippen molar-refractivity contribution in [3.05, 3.63) is 94.0 Å². The van der Waals surface area contributed by atoms with Crippen LogP contribution < -0.4 is 14.9 Å². The van der Waals surface area contributed by atoms with Gasteiger partial charge in [0.2, 0.25) is 0 Å². The number of nitriles is 1. The number of hydrazone groups is 1. The summed E-state index contributed by atoms with van der Waals surface area (Å²) in [6.07, 6.45) is 1.44. The van der Waals surface area contributed by atoms with Crippen molar-refractivity contribution in [3.8, 4) is 17.6 Å². The van der Waals surface area contributed by atoms with Crippen molar-refractivity contribution >= 4 is 34.0 Å². The van der Waals surface area contributed by atoms with Gasteiger partial charge in [0.15, 0.2) is 6.61 Å². The maximum Gasteiger partial charge on any atom is 0.344 e. The van der Waals surface area contributed by atoms with Crippen molar-refractivity contribution < 1.29 is 19.1 Å². The van der Waals surface area contributed by atoms with Crippen LogP contribution >= 0.6 is 15.9 Å². The summed E-state index contributed by atoms with van der Waals surface area (Å²) < 4.78 is 11.3. The highest BCUT2D eigenvalue weighted by Crippen LogP contribution is 2.19. The molecule has 0 bridgehead atoms. The summed E-state index contributed by atoms with van der Waals surface area (Å²) in [6, 6.07) is 22.3. The summed E-state index contributed by atoms with van der Waals surface area (Å²) in [6.45, 7) is -0.278. The van der Waals surface area contributed by atoms with Crippen molar-refractivity contribution in [1.29, 1.82) is 5.26 Å². The molecule has 0 aromatic heterocycles. The lowest BCUT2D eigenvalue weighted by Gasteiger charge is -2.06. The Morgan fingerprint density at radius 1 is 1.03 bits per heavy atom. The Kier molecular flexibility index (Phi) is 7.51. The molecular weight excluding hydrogens is 462 g/mol. The van der Waals surface area contributed by atoms with E-state index in [-0.39, 0.29) is 6.61 Å². The maximum absolute atomic E-state index is 12.2. The third-order valence-electron chi connectivity index (χ3n) is 3.95. The van der Waals surface area contributed by atoms with Crippen LogP contribution in [-0.2, 0) is 4.79 Å². The summed E-state index contributed by atoms with van der Waals surface area (Å²) in [5.41, 5.74) is 3.81. The first-order valence-electron chi connectivity index (χ1n) is 9.07. The van der Waals surface area contributed by atoms with Crippen LogP contribution in [0, 0.1) is 11.3 Å². The summed E-state index contributed by atoms with van der Waals surface area (Å²) in [5.74, 6) is -0.231. The van der Waals surface area contributed by atoms with E-state index in [1.807, 2.05) is 12.1 Å². The number of ether oxygens (including phenoxy) is 2. The highest BCUT2D eigenvalue weighted by atomic mass is 79.9. The van der Waals surface area contributed by atoms with E-state index >= 15 is 0 Å². The third kappa shape index (κ3) is 6.26. The van der Waals surface area contributed by atoms with E-state index < -0.39 is 11.9 Å². The van der Waals surface area contributed by atoms with Gasteiger partial charge in [-0.1, -0.05) is 24.3 Å².